The van der Waals surface area contributed by atoms with E-state index < -0.39 is 5.60 Å². The molecule has 0 saturated heterocycles. The van der Waals surface area contributed by atoms with Crippen molar-refractivity contribution in [2.45, 2.75) is 110 Å². The highest BCUT2D eigenvalue weighted by Crippen LogP contribution is 2.54. The van der Waals surface area contributed by atoms with Gasteiger partial charge in [-0.25, -0.2) is 9.59 Å². The fraction of sp³-hybridized carbons (Fsp3) is 0.625. The second-order valence-electron chi connectivity index (χ2n) is 13.3. The van der Waals surface area contributed by atoms with E-state index in [9.17, 15) is 14.4 Å². The fourth-order valence-corrected chi connectivity index (χ4v) is 7.33. The standard InChI is InChI=1S/C32H45N5O5S/c1-7-8-17-36-26-25(27(43-34-26)33-20-21-9-11-24(41-6)12-10-21)28(38)37(29(36)39)22-13-15-32(16-14-22)18-23(19-32)35(5)30(40)42-31(2,3)4/h9-12,22-23,33H,7-8,13-20H2,1-6H3. The number of aryl methyl sites for hydroxylation is 1. The molecule has 10 nitrogen and oxygen atoms in total. The average Bonchev–Trinajstić information content (AvgIpc) is 3.38. The van der Waals surface area contributed by atoms with Crippen LogP contribution in [0.25, 0.3) is 11.0 Å². The van der Waals surface area contributed by atoms with E-state index in [0.29, 0.717) is 29.1 Å². The van der Waals surface area contributed by atoms with E-state index in [2.05, 4.69) is 16.6 Å². The first-order valence-corrected chi connectivity index (χ1v) is 16.2. The van der Waals surface area contributed by atoms with Crippen LogP contribution in [-0.4, -0.2) is 50.3 Å². The Bertz CT molecular complexity index is 1550. The third-order valence-corrected chi connectivity index (χ3v) is 9.89. The van der Waals surface area contributed by atoms with Crippen LogP contribution in [0.15, 0.2) is 33.9 Å². The summed E-state index contributed by atoms with van der Waals surface area (Å²) in [5.74, 6) is 0.788. The van der Waals surface area contributed by atoms with Crippen molar-refractivity contribution in [2.75, 3.05) is 19.5 Å². The van der Waals surface area contributed by atoms with Gasteiger partial charge in [0.25, 0.3) is 5.56 Å². The number of carbonyl (C=O) groups is 1. The van der Waals surface area contributed by atoms with Crippen molar-refractivity contribution in [1.29, 1.82) is 0 Å². The minimum atomic E-state index is -0.522. The lowest BCUT2D eigenvalue weighted by atomic mass is 9.57. The Labute approximate surface area is 257 Å². The summed E-state index contributed by atoms with van der Waals surface area (Å²) in [4.78, 5) is 42.2. The zero-order chi connectivity index (χ0) is 30.9. The number of unbranched alkanes of at least 4 members (excludes halogenated alkanes) is 1. The predicted octanol–water partition coefficient (Wildman–Crippen LogP) is 6.17. The fourth-order valence-electron chi connectivity index (χ4n) is 6.55. The summed E-state index contributed by atoms with van der Waals surface area (Å²) in [7, 11) is 3.46. The lowest BCUT2D eigenvalue weighted by Crippen LogP contribution is -2.54. The number of methoxy groups -OCH3 is 1. The molecule has 43 heavy (non-hydrogen) atoms. The lowest BCUT2D eigenvalue weighted by Gasteiger charge is -2.54. The number of rotatable bonds is 9. The number of aromatic nitrogens is 3. The molecular formula is C32H45N5O5S. The zero-order valence-corrected chi connectivity index (χ0v) is 27.1. The summed E-state index contributed by atoms with van der Waals surface area (Å²) in [6, 6.07) is 7.80. The number of nitrogens with one attached hydrogen (secondary N) is 1. The van der Waals surface area contributed by atoms with Crippen molar-refractivity contribution in [1.82, 2.24) is 18.4 Å². The Balaban J connectivity index is 1.34. The molecule has 0 radical (unpaired) electrons. The normalized spacial score (nSPS) is 21.9. The van der Waals surface area contributed by atoms with Gasteiger partial charge in [-0.05, 0) is 100 Å². The molecular weight excluding hydrogens is 566 g/mol. The van der Waals surface area contributed by atoms with Gasteiger partial charge in [-0.2, -0.15) is 4.37 Å². The molecule has 2 heterocycles. The second kappa shape index (κ2) is 12.3. The SMILES string of the molecule is CCCCn1c(=O)n(C2CCC3(CC2)CC(N(C)C(=O)OC(C)(C)C)C3)c(=O)c2c(NCc3ccc(OC)cc3)snc21. The molecule has 5 rings (SSSR count). The molecule has 1 amide bonds. The van der Waals surface area contributed by atoms with Gasteiger partial charge in [0.1, 0.15) is 21.7 Å². The van der Waals surface area contributed by atoms with E-state index in [1.54, 1.807) is 16.6 Å². The van der Waals surface area contributed by atoms with Crippen LogP contribution >= 0.6 is 11.5 Å². The zero-order valence-electron chi connectivity index (χ0n) is 26.3. The molecule has 0 aliphatic heterocycles. The van der Waals surface area contributed by atoms with E-state index in [0.717, 1.165) is 62.7 Å². The maximum Gasteiger partial charge on any atom is 0.410 e. The number of benzene rings is 1. The van der Waals surface area contributed by atoms with Gasteiger partial charge >= 0.3 is 11.8 Å². The molecule has 11 heteroatoms. The molecule has 2 saturated carbocycles. The van der Waals surface area contributed by atoms with Crippen molar-refractivity contribution in [2.24, 2.45) is 5.41 Å². The maximum absolute atomic E-state index is 14.0. The van der Waals surface area contributed by atoms with Crippen LogP contribution in [0.5, 0.6) is 5.75 Å². The summed E-state index contributed by atoms with van der Waals surface area (Å²) in [6.45, 7) is 8.79. The van der Waals surface area contributed by atoms with Gasteiger partial charge in [0, 0.05) is 32.2 Å². The summed E-state index contributed by atoms with van der Waals surface area (Å²) < 4.78 is 18.6. The summed E-state index contributed by atoms with van der Waals surface area (Å²) in [5.41, 5.74) is 0.649. The second-order valence-corrected chi connectivity index (χ2v) is 14.0. The number of fused-ring (bicyclic) bond motifs is 1. The predicted molar refractivity (Wildman–Crippen MR) is 170 cm³/mol. The van der Waals surface area contributed by atoms with Gasteiger partial charge < -0.3 is 19.7 Å². The molecule has 1 N–H and O–H groups in total. The molecule has 0 bridgehead atoms. The van der Waals surface area contributed by atoms with Crippen LogP contribution in [0.4, 0.5) is 9.80 Å². The minimum Gasteiger partial charge on any atom is -0.497 e. The molecule has 1 aromatic carbocycles. The molecule has 2 aromatic heterocycles. The molecule has 0 atom stereocenters. The summed E-state index contributed by atoms with van der Waals surface area (Å²) >= 11 is 1.24. The highest BCUT2D eigenvalue weighted by molar-refractivity contribution is 7.11. The Morgan fingerprint density at radius 3 is 2.44 bits per heavy atom. The van der Waals surface area contributed by atoms with Gasteiger partial charge in [0.05, 0.1) is 7.11 Å². The van der Waals surface area contributed by atoms with Crippen molar-refractivity contribution in [3.63, 3.8) is 0 Å². The van der Waals surface area contributed by atoms with E-state index in [-0.39, 0.29) is 34.8 Å². The maximum atomic E-state index is 14.0. The number of ether oxygens (including phenoxy) is 2. The molecule has 0 unspecified atom stereocenters. The number of hydrogen-bond acceptors (Lipinski definition) is 8. The van der Waals surface area contributed by atoms with Gasteiger partial charge in [-0.15, -0.1) is 0 Å². The van der Waals surface area contributed by atoms with Gasteiger partial charge in [-0.3, -0.25) is 13.9 Å². The first-order valence-electron chi connectivity index (χ1n) is 15.4. The van der Waals surface area contributed by atoms with Gasteiger partial charge in [-0.1, -0.05) is 25.5 Å². The Hall–Kier alpha value is -3.34. The Morgan fingerprint density at radius 2 is 1.84 bits per heavy atom. The molecule has 3 aromatic rings. The van der Waals surface area contributed by atoms with E-state index in [4.69, 9.17) is 9.47 Å². The number of carbonyl (C=O) groups excluding carboxylic acids is 1. The minimum absolute atomic E-state index is 0.153. The van der Waals surface area contributed by atoms with Gasteiger partial charge in [0.15, 0.2) is 5.65 Å². The monoisotopic (exact) mass is 611 g/mol. The van der Waals surface area contributed by atoms with Crippen LogP contribution in [-0.2, 0) is 17.8 Å². The third kappa shape index (κ3) is 6.46. The highest BCUT2D eigenvalue weighted by atomic mass is 32.1. The van der Waals surface area contributed by atoms with Crippen molar-refractivity contribution < 1.29 is 14.3 Å². The first-order chi connectivity index (χ1) is 20.4. The number of nitrogens with zero attached hydrogens (tertiary/aromatic N) is 4. The summed E-state index contributed by atoms with van der Waals surface area (Å²) in [6.07, 6.45) is 6.74. The number of hydrogen-bond donors (Lipinski definition) is 1. The topological polar surface area (TPSA) is 108 Å². The van der Waals surface area contributed by atoms with Crippen LogP contribution in [0.3, 0.4) is 0 Å². The smallest absolute Gasteiger partial charge is 0.410 e. The number of anilines is 1. The van der Waals surface area contributed by atoms with E-state index in [1.807, 2.05) is 52.1 Å². The molecule has 1 spiro atoms. The average molecular weight is 612 g/mol. The van der Waals surface area contributed by atoms with Crippen molar-refractivity contribution in [3.8, 4) is 5.75 Å². The largest absolute Gasteiger partial charge is 0.497 e. The quantitative estimate of drug-likeness (QED) is 0.308. The van der Waals surface area contributed by atoms with Crippen LogP contribution in [0.1, 0.15) is 90.7 Å². The van der Waals surface area contributed by atoms with E-state index in [1.165, 1.54) is 16.1 Å². The number of amides is 1. The first kappa shape index (κ1) is 31.1. The molecule has 2 aliphatic rings. The molecule has 234 valence electrons. The van der Waals surface area contributed by atoms with Crippen LogP contribution in [0, 0.1) is 5.41 Å². The molecule has 2 aliphatic carbocycles. The van der Waals surface area contributed by atoms with Crippen LogP contribution in [0.2, 0.25) is 0 Å². The van der Waals surface area contributed by atoms with E-state index >= 15 is 0 Å². The lowest BCUT2D eigenvalue weighted by molar-refractivity contribution is -0.0383. The highest BCUT2D eigenvalue weighted by Gasteiger charge is 2.49. The summed E-state index contributed by atoms with van der Waals surface area (Å²) in [5, 5.41) is 4.60. The van der Waals surface area contributed by atoms with Crippen molar-refractivity contribution >= 4 is 33.7 Å². The van der Waals surface area contributed by atoms with Crippen molar-refractivity contribution in [3.05, 3.63) is 50.7 Å². The van der Waals surface area contributed by atoms with Gasteiger partial charge in [0.2, 0.25) is 0 Å². The molecule has 2 fully saturated rings. The Kier molecular flexibility index (Phi) is 8.92. The van der Waals surface area contributed by atoms with Crippen LogP contribution < -0.4 is 21.3 Å². The third-order valence-electron chi connectivity index (χ3n) is 9.09. The Morgan fingerprint density at radius 1 is 1.16 bits per heavy atom.